The zero-order valence-electron chi connectivity index (χ0n) is 18.9. The van der Waals surface area contributed by atoms with Gasteiger partial charge in [-0.05, 0) is 10.6 Å². The van der Waals surface area contributed by atoms with E-state index in [9.17, 15) is 31.2 Å². The fourth-order valence-electron chi connectivity index (χ4n) is 3.90. The number of likely N-dealkylation sites (tertiary alicyclic amines) is 1. The lowest BCUT2D eigenvalue weighted by atomic mass is 9.98. The number of carbonyl (C=O) groups is 2. The van der Waals surface area contributed by atoms with Crippen LogP contribution in [-0.4, -0.2) is 68.4 Å². The number of hydrogen-bond donors (Lipinski definition) is 0. The number of fused-ring (bicyclic) bond motifs is 1. The maximum Gasteiger partial charge on any atom is 0.523 e. The van der Waals surface area contributed by atoms with Gasteiger partial charge in [0.2, 0.25) is 5.91 Å². The first-order valence-electron chi connectivity index (χ1n) is 10.3. The van der Waals surface area contributed by atoms with Gasteiger partial charge in [-0.3, -0.25) is 13.9 Å². The average molecular weight is 509 g/mol. The molecule has 2 heterocycles. The number of alkyl halides is 3. The predicted octanol–water partition coefficient (Wildman–Crippen LogP) is 3.46. The summed E-state index contributed by atoms with van der Waals surface area (Å²) in [6.45, 7) is 8.82. The second-order valence-electron chi connectivity index (χ2n) is 9.68. The van der Waals surface area contributed by atoms with Gasteiger partial charge in [0.05, 0.1) is 12.6 Å². The Kier molecular flexibility index (Phi) is 6.39. The van der Waals surface area contributed by atoms with Crippen molar-refractivity contribution in [2.45, 2.75) is 69.2 Å². The number of amides is 2. The molecule has 8 nitrogen and oxygen atoms in total. The van der Waals surface area contributed by atoms with Gasteiger partial charge in [-0.2, -0.15) is 21.6 Å². The molecule has 0 N–H and O–H groups in total. The molecule has 0 spiro atoms. The Labute approximate surface area is 191 Å². The van der Waals surface area contributed by atoms with E-state index in [0.717, 1.165) is 4.90 Å². The van der Waals surface area contributed by atoms with E-state index in [1.165, 1.54) is 4.57 Å². The molecule has 184 valence electrons. The van der Waals surface area contributed by atoms with E-state index in [-0.39, 0.29) is 11.6 Å². The lowest BCUT2D eigenvalue weighted by molar-refractivity contribution is -0.147. The summed E-state index contributed by atoms with van der Waals surface area (Å²) in [7, 11) is -8.55. The van der Waals surface area contributed by atoms with Gasteiger partial charge in [-0.1, -0.05) is 64.2 Å². The molecule has 0 aromatic heterocycles. The van der Waals surface area contributed by atoms with Crippen molar-refractivity contribution in [2.24, 2.45) is 0 Å². The number of β-lactam (4-membered cyclic amide) rings is 1. The van der Waals surface area contributed by atoms with Gasteiger partial charge in [-0.25, -0.2) is 4.79 Å². The Morgan fingerprint density at radius 2 is 1.73 bits per heavy atom. The number of benzene rings is 1. The van der Waals surface area contributed by atoms with Crippen molar-refractivity contribution in [3.63, 3.8) is 0 Å². The monoisotopic (exact) mass is 508 g/mol. The lowest BCUT2D eigenvalue weighted by Gasteiger charge is -2.57. The molecule has 0 unspecified atom stereocenters. The quantitative estimate of drug-likeness (QED) is 0.262. The first-order chi connectivity index (χ1) is 15.0. The van der Waals surface area contributed by atoms with Gasteiger partial charge in [0, 0.05) is 0 Å². The Hall–Kier alpha value is -2.12. The summed E-state index contributed by atoms with van der Waals surface area (Å²) in [6, 6.07) is 6.55. The maximum absolute atomic E-state index is 13.1. The Morgan fingerprint density at radius 1 is 1.15 bits per heavy atom. The summed E-state index contributed by atoms with van der Waals surface area (Å²) < 4.78 is 73.7. The molecule has 33 heavy (non-hydrogen) atoms. The topological polar surface area (TPSA) is 93.2 Å². The number of rotatable bonds is 5. The van der Waals surface area contributed by atoms with E-state index < -0.39 is 60.6 Å². The molecule has 1 aromatic carbocycles. The van der Waals surface area contributed by atoms with Crippen LogP contribution in [0.5, 0.6) is 0 Å². The summed E-state index contributed by atoms with van der Waals surface area (Å²) >= 11 is 0. The van der Waals surface area contributed by atoms with Crippen LogP contribution in [0, 0.1) is 0 Å². The molecule has 0 aliphatic carbocycles. The summed E-state index contributed by atoms with van der Waals surface area (Å²) in [5, 5.41) is -0.373. The normalized spacial score (nSPS) is 23.9. The van der Waals surface area contributed by atoms with Crippen LogP contribution in [0.2, 0.25) is 18.1 Å². The molecule has 2 aliphatic rings. The summed E-state index contributed by atoms with van der Waals surface area (Å²) in [5.41, 5.74) is -4.95. The third-order valence-electron chi connectivity index (χ3n) is 6.62. The van der Waals surface area contributed by atoms with Crippen molar-refractivity contribution in [3.8, 4) is 0 Å². The number of carbonyl (C=O) groups excluding carboxylic acids is 2. The van der Waals surface area contributed by atoms with E-state index in [1.807, 2.05) is 33.9 Å². The second kappa shape index (κ2) is 8.27. The fourth-order valence-corrected chi connectivity index (χ4v) is 6.97. The largest absolute Gasteiger partial charge is 0.523 e. The van der Waals surface area contributed by atoms with Crippen LogP contribution in [-0.2, 0) is 30.4 Å². The van der Waals surface area contributed by atoms with Crippen LogP contribution >= 0.6 is 0 Å². The standard InChI is InChI=1S/C20H27F3N2O6SSi/c1-19(2,3)33(4,5)25-15-14(31-32(28,29)20(21,22)23)11-24(16(15)17(25)26)18(27)30-12-13-9-7-6-8-10-13/h6-10,14-16H,11-12H2,1-5H3/t14-,15+,16-/m0/s1. The van der Waals surface area contributed by atoms with Crippen molar-refractivity contribution in [1.82, 2.24) is 9.47 Å². The maximum atomic E-state index is 13.1. The Balaban J connectivity index is 1.88. The molecule has 3 rings (SSSR count). The van der Waals surface area contributed by atoms with Crippen molar-refractivity contribution in [3.05, 3.63) is 35.9 Å². The van der Waals surface area contributed by atoms with Crippen LogP contribution in [0.15, 0.2) is 30.3 Å². The third kappa shape index (κ3) is 4.49. The molecule has 1 aromatic rings. The van der Waals surface area contributed by atoms with Crippen LogP contribution in [0.4, 0.5) is 18.0 Å². The molecule has 0 saturated carbocycles. The van der Waals surface area contributed by atoms with E-state index in [1.54, 1.807) is 30.3 Å². The number of hydrogen-bond acceptors (Lipinski definition) is 6. The SMILES string of the molecule is CC(C)(C)[Si](C)(C)N1C(=O)[C@@H]2[C@H]1[C@@H](OS(=O)(=O)C(F)(F)F)CN2C(=O)OCc1ccccc1. The number of ether oxygens (including phenoxy) is 1. The van der Waals surface area contributed by atoms with Gasteiger partial charge in [0.15, 0.2) is 8.24 Å². The highest BCUT2D eigenvalue weighted by molar-refractivity contribution is 7.87. The van der Waals surface area contributed by atoms with E-state index in [0.29, 0.717) is 5.56 Å². The van der Waals surface area contributed by atoms with E-state index in [2.05, 4.69) is 4.18 Å². The highest BCUT2D eigenvalue weighted by Gasteiger charge is 2.67. The number of nitrogens with zero attached hydrogens (tertiary/aromatic N) is 2. The minimum absolute atomic E-state index is 0.111. The molecule has 2 amide bonds. The van der Waals surface area contributed by atoms with Crippen molar-refractivity contribution < 1.29 is 40.1 Å². The lowest BCUT2D eigenvalue weighted by Crippen LogP contribution is -2.77. The molecule has 13 heteroatoms. The summed E-state index contributed by atoms with van der Waals surface area (Å²) in [6.07, 6.45) is -2.48. The van der Waals surface area contributed by atoms with Gasteiger partial charge >= 0.3 is 21.7 Å². The first kappa shape index (κ1) is 25.5. The minimum Gasteiger partial charge on any atom is -0.445 e. The summed E-state index contributed by atoms with van der Waals surface area (Å²) in [4.78, 5) is 26.8. The van der Waals surface area contributed by atoms with Crippen LogP contribution < -0.4 is 0 Å². The van der Waals surface area contributed by atoms with Gasteiger partial charge in [0.25, 0.3) is 0 Å². The van der Waals surface area contributed by atoms with E-state index >= 15 is 0 Å². The van der Waals surface area contributed by atoms with Crippen molar-refractivity contribution >= 4 is 30.4 Å². The fraction of sp³-hybridized carbons (Fsp3) is 0.600. The molecule has 2 aliphatic heterocycles. The highest BCUT2D eigenvalue weighted by Crippen LogP contribution is 2.48. The van der Waals surface area contributed by atoms with Crippen molar-refractivity contribution in [2.75, 3.05) is 6.54 Å². The molecule has 0 bridgehead atoms. The Bertz CT molecular complexity index is 1030. The number of halogens is 3. The molecular weight excluding hydrogens is 481 g/mol. The van der Waals surface area contributed by atoms with Gasteiger partial charge in [-0.15, -0.1) is 0 Å². The second-order valence-corrected chi connectivity index (χ2v) is 16.3. The highest BCUT2D eigenvalue weighted by atomic mass is 32.2. The Morgan fingerprint density at radius 3 is 2.24 bits per heavy atom. The summed E-state index contributed by atoms with van der Waals surface area (Å²) in [5.74, 6) is -0.446. The average Bonchev–Trinajstić information content (AvgIpc) is 2.98. The van der Waals surface area contributed by atoms with Crippen LogP contribution in [0.25, 0.3) is 0 Å². The molecule has 0 radical (unpaired) electrons. The zero-order chi connectivity index (χ0) is 25.0. The zero-order valence-corrected chi connectivity index (χ0v) is 20.7. The minimum atomic E-state index is -5.93. The predicted molar refractivity (Wildman–Crippen MR) is 115 cm³/mol. The molecule has 2 saturated heterocycles. The smallest absolute Gasteiger partial charge is 0.445 e. The molecule has 2 fully saturated rings. The van der Waals surface area contributed by atoms with Gasteiger partial charge in [0.1, 0.15) is 18.8 Å². The first-order valence-corrected chi connectivity index (χ1v) is 14.6. The van der Waals surface area contributed by atoms with Crippen LogP contribution in [0.1, 0.15) is 26.3 Å². The third-order valence-corrected chi connectivity index (χ3v) is 13.1. The van der Waals surface area contributed by atoms with Gasteiger partial charge < -0.3 is 9.30 Å². The molecular formula is C20H27F3N2O6SSi. The molecule has 3 atom stereocenters. The van der Waals surface area contributed by atoms with Crippen molar-refractivity contribution in [1.29, 1.82) is 0 Å². The van der Waals surface area contributed by atoms with E-state index in [4.69, 9.17) is 4.74 Å². The van der Waals surface area contributed by atoms with Crippen LogP contribution in [0.3, 0.4) is 0 Å².